The molecule has 1 aliphatic rings. The van der Waals surface area contributed by atoms with Crippen molar-refractivity contribution in [3.63, 3.8) is 0 Å². The molecule has 3 aromatic carbocycles. The fraction of sp³-hybridized carbons (Fsp3) is 0.0435. The summed E-state index contributed by atoms with van der Waals surface area (Å²) in [4.78, 5) is 27.1. The summed E-state index contributed by atoms with van der Waals surface area (Å²) in [7, 11) is 0. The zero-order valence-electron chi connectivity index (χ0n) is 14.7. The first-order valence-corrected chi connectivity index (χ1v) is 8.75. The van der Waals surface area contributed by atoms with E-state index in [2.05, 4.69) is 0 Å². The average molecular weight is 373 g/mol. The molecule has 1 atom stereocenters. The SMILES string of the molecule is O=C1C(=O)N(c2ccccc2)C(c2ccc(F)cc2)/C1=C(/O)c1ccccc1. The lowest BCUT2D eigenvalue weighted by Gasteiger charge is -2.25. The van der Waals surface area contributed by atoms with Gasteiger partial charge in [-0.15, -0.1) is 0 Å². The van der Waals surface area contributed by atoms with Crippen LogP contribution in [0.1, 0.15) is 17.2 Å². The predicted molar refractivity (Wildman–Crippen MR) is 104 cm³/mol. The second-order valence-electron chi connectivity index (χ2n) is 6.42. The topological polar surface area (TPSA) is 57.6 Å². The van der Waals surface area contributed by atoms with Crippen LogP contribution in [0, 0.1) is 5.82 Å². The molecule has 0 radical (unpaired) electrons. The summed E-state index contributed by atoms with van der Waals surface area (Å²) < 4.78 is 13.5. The Hall–Kier alpha value is -3.73. The molecule has 0 spiro atoms. The van der Waals surface area contributed by atoms with Gasteiger partial charge in [-0.05, 0) is 29.8 Å². The van der Waals surface area contributed by atoms with Crippen molar-refractivity contribution in [1.29, 1.82) is 0 Å². The van der Waals surface area contributed by atoms with Crippen LogP contribution >= 0.6 is 0 Å². The molecule has 0 saturated carbocycles. The molecule has 28 heavy (non-hydrogen) atoms. The van der Waals surface area contributed by atoms with Crippen LogP contribution in [0.15, 0.2) is 90.5 Å². The molecule has 1 aliphatic heterocycles. The second kappa shape index (κ2) is 7.12. The Morgan fingerprint density at radius 3 is 2.00 bits per heavy atom. The van der Waals surface area contributed by atoms with E-state index in [1.807, 2.05) is 0 Å². The third-order valence-corrected chi connectivity index (χ3v) is 4.71. The third kappa shape index (κ3) is 2.97. The molecule has 1 saturated heterocycles. The molecule has 4 rings (SSSR count). The molecule has 138 valence electrons. The highest BCUT2D eigenvalue weighted by atomic mass is 19.1. The van der Waals surface area contributed by atoms with E-state index in [0.717, 1.165) is 0 Å². The number of aliphatic hydroxyl groups is 1. The van der Waals surface area contributed by atoms with Crippen molar-refractivity contribution in [2.24, 2.45) is 0 Å². The zero-order valence-corrected chi connectivity index (χ0v) is 14.7. The van der Waals surface area contributed by atoms with Gasteiger partial charge in [0.2, 0.25) is 0 Å². The first-order chi connectivity index (χ1) is 13.6. The van der Waals surface area contributed by atoms with Crippen LogP contribution in [0.2, 0.25) is 0 Å². The minimum atomic E-state index is -0.858. The molecule has 5 heteroatoms. The highest BCUT2D eigenvalue weighted by Crippen LogP contribution is 2.41. The maximum atomic E-state index is 13.5. The Labute approximate surface area is 161 Å². The molecule has 0 bridgehead atoms. The number of hydrogen-bond donors (Lipinski definition) is 1. The van der Waals surface area contributed by atoms with E-state index in [1.54, 1.807) is 60.7 Å². The lowest BCUT2D eigenvalue weighted by molar-refractivity contribution is -0.132. The van der Waals surface area contributed by atoms with Gasteiger partial charge in [-0.3, -0.25) is 14.5 Å². The Kier molecular flexibility index (Phi) is 4.49. The maximum Gasteiger partial charge on any atom is 0.300 e. The Morgan fingerprint density at radius 1 is 0.821 bits per heavy atom. The van der Waals surface area contributed by atoms with Crippen LogP contribution in [0.5, 0.6) is 0 Å². The van der Waals surface area contributed by atoms with Crippen LogP contribution in [0.3, 0.4) is 0 Å². The molecule has 3 aromatic rings. The van der Waals surface area contributed by atoms with Crippen LogP contribution < -0.4 is 4.90 Å². The van der Waals surface area contributed by atoms with Crippen LogP contribution in [0.25, 0.3) is 5.76 Å². The van der Waals surface area contributed by atoms with E-state index >= 15 is 0 Å². The minimum Gasteiger partial charge on any atom is -0.507 e. The summed E-state index contributed by atoms with van der Waals surface area (Å²) in [5, 5.41) is 10.9. The molecule has 0 aromatic heterocycles. The van der Waals surface area contributed by atoms with Crippen LogP contribution in [-0.2, 0) is 9.59 Å². The van der Waals surface area contributed by atoms with Crippen molar-refractivity contribution in [2.45, 2.75) is 6.04 Å². The van der Waals surface area contributed by atoms with Gasteiger partial charge in [0.25, 0.3) is 11.7 Å². The predicted octanol–water partition coefficient (Wildman–Crippen LogP) is 4.45. The molecule has 0 aliphatic carbocycles. The summed E-state index contributed by atoms with van der Waals surface area (Å²) in [6.45, 7) is 0. The third-order valence-electron chi connectivity index (χ3n) is 4.71. The van der Waals surface area contributed by atoms with Crippen molar-refractivity contribution in [3.05, 3.63) is 107 Å². The fourth-order valence-corrected chi connectivity index (χ4v) is 3.40. The normalized spacial score (nSPS) is 18.5. The fourth-order valence-electron chi connectivity index (χ4n) is 3.40. The van der Waals surface area contributed by atoms with Gasteiger partial charge in [-0.1, -0.05) is 60.7 Å². The van der Waals surface area contributed by atoms with Crippen molar-refractivity contribution < 1.29 is 19.1 Å². The number of para-hydroxylation sites is 1. The number of amides is 1. The second-order valence-corrected chi connectivity index (χ2v) is 6.42. The highest BCUT2D eigenvalue weighted by Gasteiger charge is 2.46. The quantitative estimate of drug-likeness (QED) is 0.419. The summed E-state index contributed by atoms with van der Waals surface area (Å²) in [5.74, 6) is -2.20. The van der Waals surface area contributed by atoms with E-state index < -0.39 is 23.5 Å². The van der Waals surface area contributed by atoms with Crippen LogP contribution in [-0.4, -0.2) is 16.8 Å². The molecule has 1 unspecified atom stereocenters. The number of rotatable bonds is 3. The van der Waals surface area contributed by atoms with E-state index in [0.29, 0.717) is 16.8 Å². The van der Waals surface area contributed by atoms with Crippen molar-refractivity contribution in [3.8, 4) is 0 Å². The number of benzene rings is 3. The van der Waals surface area contributed by atoms with Crippen molar-refractivity contribution in [2.75, 3.05) is 4.90 Å². The number of carbonyl (C=O) groups excluding carboxylic acids is 2. The Balaban J connectivity index is 1.95. The monoisotopic (exact) mass is 373 g/mol. The van der Waals surface area contributed by atoms with Gasteiger partial charge in [0.1, 0.15) is 11.6 Å². The average Bonchev–Trinajstić information content (AvgIpc) is 3.00. The Bertz CT molecular complexity index is 1060. The smallest absolute Gasteiger partial charge is 0.300 e. The Morgan fingerprint density at radius 2 is 1.39 bits per heavy atom. The van der Waals surface area contributed by atoms with E-state index in [4.69, 9.17) is 0 Å². The van der Waals surface area contributed by atoms with Crippen molar-refractivity contribution in [1.82, 2.24) is 0 Å². The lowest BCUT2D eigenvalue weighted by atomic mass is 9.95. The summed E-state index contributed by atoms with van der Waals surface area (Å²) in [5.41, 5.74) is 1.46. The van der Waals surface area contributed by atoms with Gasteiger partial charge in [0, 0.05) is 11.3 Å². The summed E-state index contributed by atoms with van der Waals surface area (Å²) in [6, 6.07) is 22.0. The lowest BCUT2D eigenvalue weighted by Crippen LogP contribution is -2.29. The highest BCUT2D eigenvalue weighted by molar-refractivity contribution is 6.51. The van der Waals surface area contributed by atoms with E-state index in [9.17, 15) is 19.1 Å². The first-order valence-electron chi connectivity index (χ1n) is 8.75. The molecule has 1 heterocycles. The summed E-state index contributed by atoms with van der Waals surface area (Å²) >= 11 is 0. The standard InChI is InChI=1S/C23H16FNO3/c24-17-13-11-15(12-14-17)20-19(21(26)16-7-3-1-4-8-16)22(27)23(28)25(20)18-9-5-2-6-10-18/h1-14,20,26H/b21-19-. The van der Waals surface area contributed by atoms with Gasteiger partial charge in [-0.2, -0.15) is 0 Å². The van der Waals surface area contributed by atoms with E-state index in [-0.39, 0.29) is 11.3 Å². The number of nitrogens with zero attached hydrogens (tertiary/aromatic N) is 1. The van der Waals surface area contributed by atoms with Gasteiger partial charge in [0.15, 0.2) is 0 Å². The number of Topliss-reactive ketones (excluding diaryl/α,β-unsaturated/α-hetero) is 1. The van der Waals surface area contributed by atoms with Gasteiger partial charge >= 0.3 is 0 Å². The molecule has 1 amide bonds. The number of carbonyl (C=O) groups is 2. The number of hydrogen-bond acceptors (Lipinski definition) is 3. The number of aliphatic hydroxyl groups excluding tert-OH is 1. The summed E-state index contributed by atoms with van der Waals surface area (Å²) in [6.07, 6.45) is 0. The molecule has 4 nitrogen and oxygen atoms in total. The molecular formula is C23H16FNO3. The molecule has 1 N–H and O–H groups in total. The van der Waals surface area contributed by atoms with Crippen molar-refractivity contribution >= 4 is 23.1 Å². The van der Waals surface area contributed by atoms with Gasteiger partial charge < -0.3 is 5.11 Å². The van der Waals surface area contributed by atoms with Crippen LogP contribution in [0.4, 0.5) is 10.1 Å². The minimum absolute atomic E-state index is 0.0216. The first kappa shape index (κ1) is 17.7. The van der Waals surface area contributed by atoms with Gasteiger partial charge in [0.05, 0.1) is 11.6 Å². The number of ketones is 1. The number of halogens is 1. The largest absolute Gasteiger partial charge is 0.507 e. The zero-order chi connectivity index (χ0) is 19.7. The molecule has 1 fully saturated rings. The molecular weight excluding hydrogens is 357 g/mol. The number of anilines is 1. The van der Waals surface area contributed by atoms with Gasteiger partial charge in [-0.25, -0.2) is 4.39 Å². The van der Waals surface area contributed by atoms with E-state index in [1.165, 1.54) is 29.2 Å². The maximum absolute atomic E-state index is 13.5.